The van der Waals surface area contributed by atoms with Gasteiger partial charge in [-0.3, -0.25) is 9.48 Å². The van der Waals surface area contributed by atoms with E-state index >= 15 is 0 Å². The maximum absolute atomic E-state index is 12.5. The lowest BCUT2D eigenvalue weighted by Gasteiger charge is -2.10. The Kier molecular flexibility index (Phi) is 4.96. The standard InChI is InChI=1S/C15H13F3N6O4S/c1-23-12(5-6-20-23)21-11-8-24(22-13(11)14(19)25)9-3-2-4-10(7-9)28-29(26,27)15(16,17)18/h2-8,21H,1H3,(H2,19,25). The fraction of sp³-hybridized carbons (Fsp3) is 0.133. The van der Waals surface area contributed by atoms with E-state index in [9.17, 15) is 26.4 Å². The Hall–Kier alpha value is -3.55. The van der Waals surface area contributed by atoms with Crippen LogP contribution < -0.4 is 15.2 Å². The fourth-order valence-electron chi connectivity index (χ4n) is 2.27. The average Bonchev–Trinajstić information content (AvgIpc) is 3.21. The first-order chi connectivity index (χ1) is 13.5. The highest BCUT2D eigenvalue weighted by atomic mass is 32.2. The summed E-state index contributed by atoms with van der Waals surface area (Å²) in [5.41, 5.74) is -0.0705. The minimum atomic E-state index is -5.83. The van der Waals surface area contributed by atoms with Gasteiger partial charge in [0.05, 0.1) is 23.8 Å². The van der Waals surface area contributed by atoms with Crippen molar-refractivity contribution in [2.24, 2.45) is 12.8 Å². The van der Waals surface area contributed by atoms with Crippen LogP contribution >= 0.6 is 0 Å². The third-order valence-corrected chi connectivity index (χ3v) is 4.58. The summed E-state index contributed by atoms with van der Waals surface area (Å²) in [7, 11) is -4.18. The molecular formula is C15H13F3N6O4S. The zero-order valence-electron chi connectivity index (χ0n) is 14.6. The molecule has 10 nitrogen and oxygen atoms in total. The highest BCUT2D eigenvalue weighted by Gasteiger charge is 2.48. The average molecular weight is 430 g/mol. The van der Waals surface area contributed by atoms with Gasteiger partial charge in [0.25, 0.3) is 5.91 Å². The summed E-state index contributed by atoms with van der Waals surface area (Å²) >= 11 is 0. The van der Waals surface area contributed by atoms with E-state index in [0.717, 1.165) is 16.8 Å². The van der Waals surface area contributed by atoms with Crippen LogP contribution in [-0.2, 0) is 17.2 Å². The second kappa shape index (κ2) is 7.12. The van der Waals surface area contributed by atoms with Gasteiger partial charge in [0, 0.05) is 19.2 Å². The Balaban J connectivity index is 1.96. The van der Waals surface area contributed by atoms with E-state index in [1.54, 1.807) is 13.1 Å². The smallest absolute Gasteiger partial charge is 0.376 e. The number of rotatable bonds is 6. The van der Waals surface area contributed by atoms with E-state index in [4.69, 9.17) is 5.73 Å². The number of amides is 1. The molecule has 0 saturated heterocycles. The summed E-state index contributed by atoms with van der Waals surface area (Å²) in [4.78, 5) is 11.7. The highest BCUT2D eigenvalue weighted by molar-refractivity contribution is 7.88. The van der Waals surface area contributed by atoms with E-state index in [2.05, 4.69) is 19.7 Å². The number of anilines is 2. The van der Waals surface area contributed by atoms with Crippen LogP contribution in [-0.4, -0.2) is 39.4 Å². The Morgan fingerprint density at radius 1 is 1.28 bits per heavy atom. The summed E-state index contributed by atoms with van der Waals surface area (Å²) < 4.78 is 66.6. The predicted octanol–water partition coefficient (Wildman–Crippen LogP) is 1.68. The maximum Gasteiger partial charge on any atom is 0.534 e. The summed E-state index contributed by atoms with van der Waals surface area (Å²) in [5, 5.41) is 10.9. The number of primary amides is 1. The van der Waals surface area contributed by atoms with Gasteiger partial charge >= 0.3 is 15.6 Å². The molecule has 2 aromatic heterocycles. The maximum atomic E-state index is 12.5. The molecule has 0 unspecified atom stereocenters. The molecule has 0 spiro atoms. The van der Waals surface area contributed by atoms with E-state index in [1.165, 1.54) is 29.2 Å². The number of alkyl halides is 3. The van der Waals surface area contributed by atoms with Crippen molar-refractivity contribution in [3.63, 3.8) is 0 Å². The second-order valence-electron chi connectivity index (χ2n) is 5.65. The lowest BCUT2D eigenvalue weighted by atomic mass is 10.3. The quantitative estimate of drug-likeness (QED) is 0.449. The molecule has 0 aliphatic heterocycles. The van der Waals surface area contributed by atoms with Crippen molar-refractivity contribution in [1.29, 1.82) is 0 Å². The van der Waals surface area contributed by atoms with E-state index in [-0.39, 0.29) is 17.1 Å². The number of halogens is 3. The monoisotopic (exact) mass is 430 g/mol. The molecule has 14 heteroatoms. The van der Waals surface area contributed by atoms with E-state index in [1.807, 2.05) is 0 Å². The number of nitrogens with zero attached hydrogens (tertiary/aromatic N) is 4. The number of aromatic nitrogens is 4. The van der Waals surface area contributed by atoms with Crippen molar-refractivity contribution < 1.29 is 30.6 Å². The van der Waals surface area contributed by atoms with Gasteiger partial charge in [0.1, 0.15) is 11.6 Å². The molecule has 0 atom stereocenters. The fourth-order valence-corrected chi connectivity index (χ4v) is 2.72. The van der Waals surface area contributed by atoms with Crippen molar-refractivity contribution in [3.05, 3.63) is 48.4 Å². The molecule has 0 fully saturated rings. The predicted molar refractivity (Wildman–Crippen MR) is 94.2 cm³/mol. The normalized spacial score (nSPS) is 12.0. The number of hydrogen-bond acceptors (Lipinski definition) is 7. The van der Waals surface area contributed by atoms with Gasteiger partial charge in [-0.1, -0.05) is 6.07 Å². The second-order valence-corrected chi connectivity index (χ2v) is 7.18. The molecule has 0 aliphatic rings. The van der Waals surface area contributed by atoms with Crippen LogP contribution in [0.2, 0.25) is 0 Å². The van der Waals surface area contributed by atoms with Crippen molar-refractivity contribution in [1.82, 2.24) is 19.6 Å². The van der Waals surface area contributed by atoms with Crippen molar-refractivity contribution >= 4 is 27.5 Å². The largest absolute Gasteiger partial charge is 0.534 e. The van der Waals surface area contributed by atoms with Gasteiger partial charge in [0.2, 0.25) is 0 Å². The molecule has 3 N–H and O–H groups in total. The molecule has 1 aromatic carbocycles. The van der Waals surface area contributed by atoms with Crippen LogP contribution in [0.15, 0.2) is 42.7 Å². The lowest BCUT2D eigenvalue weighted by Crippen LogP contribution is -2.28. The molecule has 1 amide bonds. The lowest BCUT2D eigenvalue weighted by molar-refractivity contribution is -0.0500. The first kappa shape index (κ1) is 20.2. The van der Waals surface area contributed by atoms with Crippen LogP contribution in [0.4, 0.5) is 24.7 Å². The minimum Gasteiger partial charge on any atom is -0.376 e. The van der Waals surface area contributed by atoms with Gasteiger partial charge in [0.15, 0.2) is 5.69 Å². The Bertz CT molecular complexity index is 1170. The third-order valence-electron chi connectivity index (χ3n) is 3.60. The summed E-state index contributed by atoms with van der Waals surface area (Å²) in [6, 6.07) is 6.34. The van der Waals surface area contributed by atoms with Crippen molar-refractivity contribution in [2.45, 2.75) is 5.51 Å². The Labute approximate surface area is 161 Å². The molecule has 3 rings (SSSR count). The molecule has 154 valence electrons. The van der Waals surface area contributed by atoms with Crippen LogP contribution in [0, 0.1) is 0 Å². The number of benzene rings is 1. The van der Waals surface area contributed by atoms with E-state index in [0.29, 0.717) is 5.82 Å². The topological polar surface area (TPSA) is 134 Å². The van der Waals surface area contributed by atoms with Crippen molar-refractivity contribution in [2.75, 3.05) is 5.32 Å². The number of carbonyl (C=O) groups excluding carboxylic acids is 1. The first-order valence-electron chi connectivity index (χ1n) is 7.73. The van der Waals surface area contributed by atoms with Crippen LogP contribution in [0.3, 0.4) is 0 Å². The van der Waals surface area contributed by atoms with E-state index < -0.39 is 27.3 Å². The molecule has 0 aliphatic carbocycles. The molecule has 3 aromatic rings. The Morgan fingerprint density at radius 3 is 2.59 bits per heavy atom. The molecule has 2 heterocycles. The van der Waals surface area contributed by atoms with Gasteiger partial charge in [-0.05, 0) is 12.1 Å². The summed E-state index contributed by atoms with van der Waals surface area (Å²) in [5.74, 6) is -0.932. The molecule has 0 radical (unpaired) electrons. The van der Waals surface area contributed by atoms with Gasteiger partial charge in [-0.15, -0.1) is 0 Å². The number of hydrogen-bond donors (Lipinski definition) is 2. The molecule has 0 bridgehead atoms. The van der Waals surface area contributed by atoms with Gasteiger partial charge < -0.3 is 15.2 Å². The van der Waals surface area contributed by atoms with Crippen LogP contribution in [0.25, 0.3) is 5.69 Å². The van der Waals surface area contributed by atoms with Gasteiger partial charge in [-0.2, -0.15) is 31.8 Å². The zero-order chi connectivity index (χ0) is 21.4. The minimum absolute atomic E-state index is 0.125. The SMILES string of the molecule is Cn1nccc1Nc1cn(-c2cccc(OS(=O)(=O)C(F)(F)F)c2)nc1C(N)=O. The number of aryl methyl sites for hydroxylation is 1. The first-order valence-corrected chi connectivity index (χ1v) is 9.14. The Morgan fingerprint density at radius 2 is 2.00 bits per heavy atom. The number of nitrogens with two attached hydrogens (primary N) is 1. The van der Waals surface area contributed by atoms with Gasteiger partial charge in [-0.25, -0.2) is 4.68 Å². The zero-order valence-corrected chi connectivity index (χ0v) is 15.4. The van der Waals surface area contributed by atoms with Crippen LogP contribution in [0.5, 0.6) is 5.75 Å². The third kappa shape index (κ3) is 4.16. The molecular weight excluding hydrogens is 417 g/mol. The van der Waals surface area contributed by atoms with Crippen molar-refractivity contribution in [3.8, 4) is 11.4 Å². The molecule has 29 heavy (non-hydrogen) atoms. The summed E-state index contributed by atoms with van der Waals surface area (Å²) in [6.07, 6.45) is 2.86. The highest BCUT2D eigenvalue weighted by Crippen LogP contribution is 2.28. The number of nitrogens with one attached hydrogen (secondary N) is 1. The summed E-state index contributed by atoms with van der Waals surface area (Å²) in [6.45, 7) is 0. The van der Waals surface area contributed by atoms with Crippen LogP contribution in [0.1, 0.15) is 10.5 Å². The number of carbonyl (C=O) groups is 1. The molecule has 0 saturated carbocycles.